The van der Waals surface area contributed by atoms with Crippen molar-refractivity contribution in [3.05, 3.63) is 15.6 Å². The summed E-state index contributed by atoms with van der Waals surface area (Å²) < 4.78 is 0. The Labute approximate surface area is 161 Å². The maximum atomic E-state index is 12.2. The highest BCUT2D eigenvalue weighted by Crippen LogP contribution is 2.32. The average molecular weight is 384 g/mol. The molecule has 0 saturated carbocycles. The number of carbonyl (C=O) groups excluding carboxylic acids is 1. The number of aromatic nitrogens is 1. The summed E-state index contributed by atoms with van der Waals surface area (Å²) in [6.07, 6.45) is 12.7. The summed E-state index contributed by atoms with van der Waals surface area (Å²) >= 11 is 1.90. The topological polar surface area (TPSA) is 54.0 Å². The van der Waals surface area contributed by atoms with Crippen LogP contribution in [0.5, 0.6) is 0 Å². The minimum Gasteiger partial charge on any atom is -0.356 e. The highest BCUT2D eigenvalue weighted by molar-refractivity contribution is 7.11. The highest BCUT2D eigenvalue weighted by Gasteiger charge is 2.34. The Morgan fingerprint density at radius 3 is 2.72 bits per heavy atom. The van der Waals surface area contributed by atoms with Crippen LogP contribution >= 0.6 is 23.7 Å². The molecule has 25 heavy (non-hydrogen) atoms. The molecule has 0 spiro atoms. The lowest BCUT2D eigenvalue weighted by Crippen LogP contribution is -2.39. The summed E-state index contributed by atoms with van der Waals surface area (Å²) in [5.41, 5.74) is 1.35. The second kappa shape index (κ2) is 8.83. The Kier molecular flexibility index (Phi) is 6.75. The number of hydrogen-bond acceptors (Lipinski definition) is 4. The predicted octanol–water partition coefficient (Wildman–Crippen LogP) is 3.41. The molecule has 6 heteroatoms. The zero-order valence-electron chi connectivity index (χ0n) is 14.9. The summed E-state index contributed by atoms with van der Waals surface area (Å²) in [6, 6.07) is 1.36. The number of thiazole rings is 1. The van der Waals surface area contributed by atoms with Gasteiger partial charge in [-0.25, -0.2) is 4.98 Å². The van der Waals surface area contributed by atoms with Gasteiger partial charge < -0.3 is 10.6 Å². The zero-order valence-corrected chi connectivity index (χ0v) is 16.5. The van der Waals surface area contributed by atoms with Crippen molar-refractivity contribution in [1.82, 2.24) is 15.6 Å². The molecule has 2 bridgehead atoms. The molecule has 2 unspecified atom stereocenters. The predicted molar refractivity (Wildman–Crippen MR) is 105 cm³/mol. The fourth-order valence-electron chi connectivity index (χ4n) is 4.66. The van der Waals surface area contributed by atoms with E-state index in [-0.39, 0.29) is 18.3 Å². The first-order chi connectivity index (χ1) is 11.8. The van der Waals surface area contributed by atoms with Gasteiger partial charge >= 0.3 is 0 Å². The van der Waals surface area contributed by atoms with Crippen molar-refractivity contribution >= 4 is 29.7 Å². The fraction of sp³-hybridized carbons (Fsp3) is 0.789. The van der Waals surface area contributed by atoms with Crippen molar-refractivity contribution in [2.24, 2.45) is 5.92 Å². The van der Waals surface area contributed by atoms with E-state index in [0.29, 0.717) is 18.0 Å². The summed E-state index contributed by atoms with van der Waals surface area (Å²) in [7, 11) is 0. The van der Waals surface area contributed by atoms with E-state index in [9.17, 15) is 4.79 Å². The van der Waals surface area contributed by atoms with E-state index < -0.39 is 0 Å². The van der Waals surface area contributed by atoms with E-state index in [1.807, 2.05) is 11.3 Å². The highest BCUT2D eigenvalue weighted by atomic mass is 35.5. The van der Waals surface area contributed by atoms with Gasteiger partial charge in [0.25, 0.3) is 0 Å². The fourth-order valence-corrected chi connectivity index (χ4v) is 5.85. The van der Waals surface area contributed by atoms with Crippen LogP contribution in [0.15, 0.2) is 0 Å². The number of hydrogen-bond donors (Lipinski definition) is 2. The van der Waals surface area contributed by atoms with Crippen molar-refractivity contribution in [3.8, 4) is 0 Å². The van der Waals surface area contributed by atoms with Crippen LogP contribution in [0.25, 0.3) is 0 Å². The summed E-state index contributed by atoms with van der Waals surface area (Å²) in [4.78, 5) is 18.5. The van der Waals surface area contributed by atoms with E-state index in [0.717, 1.165) is 25.8 Å². The number of amides is 1. The molecule has 4 rings (SSSR count). The van der Waals surface area contributed by atoms with Crippen LogP contribution in [-0.4, -0.2) is 29.5 Å². The van der Waals surface area contributed by atoms with Crippen LogP contribution in [0, 0.1) is 5.92 Å². The number of fused-ring (bicyclic) bond motifs is 3. The Morgan fingerprint density at radius 2 is 1.96 bits per heavy atom. The third-order valence-electron chi connectivity index (χ3n) is 5.82. The van der Waals surface area contributed by atoms with Gasteiger partial charge in [0.1, 0.15) is 0 Å². The number of piperidine rings is 1. The van der Waals surface area contributed by atoms with Crippen LogP contribution in [0.2, 0.25) is 0 Å². The normalized spacial score (nSPS) is 27.4. The number of aryl methyl sites for hydroxylation is 3. The van der Waals surface area contributed by atoms with Crippen LogP contribution in [0.1, 0.15) is 66.9 Å². The van der Waals surface area contributed by atoms with Gasteiger partial charge in [-0.05, 0) is 63.7 Å². The van der Waals surface area contributed by atoms with Crippen molar-refractivity contribution in [3.63, 3.8) is 0 Å². The molecule has 1 amide bonds. The SMILES string of the molecule is Cl.O=C(CC1CC2CCC(C1)N2)NCCCc1nc2c(s1)CCCC2. The third kappa shape index (κ3) is 4.95. The standard InChI is InChI=1S/C19H29N3OS.ClH/c23-18(12-13-10-14-7-8-15(11-13)21-14)20-9-3-6-19-22-16-4-1-2-5-17(16)24-19;/h13-15,21H,1-12H2,(H,20,23);1H. The Balaban J connectivity index is 0.00000182. The molecule has 3 aliphatic rings. The van der Waals surface area contributed by atoms with Gasteiger partial charge in [-0.3, -0.25) is 4.79 Å². The lowest BCUT2D eigenvalue weighted by atomic mass is 9.89. The van der Waals surface area contributed by atoms with Crippen molar-refractivity contribution in [2.75, 3.05) is 6.54 Å². The quantitative estimate of drug-likeness (QED) is 0.740. The molecule has 0 aromatic carbocycles. The van der Waals surface area contributed by atoms with Crippen LogP contribution in [-0.2, 0) is 24.1 Å². The molecule has 2 fully saturated rings. The van der Waals surface area contributed by atoms with Gasteiger partial charge in [0.15, 0.2) is 0 Å². The van der Waals surface area contributed by atoms with Crippen LogP contribution in [0.3, 0.4) is 0 Å². The molecule has 140 valence electrons. The van der Waals surface area contributed by atoms with E-state index in [1.54, 1.807) is 0 Å². The molecule has 4 nitrogen and oxygen atoms in total. The maximum absolute atomic E-state index is 12.2. The second-order valence-electron chi connectivity index (χ2n) is 7.82. The average Bonchev–Trinajstić information content (AvgIpc) is 3.14. The number of nitrogens with one attached hydrogen (secondary N) is 2. The van der Waals surface area contributed by atoms with Gasteiger partial charge in [0.2, 0.25) is 5.91 Å². The van der Waals surface area contributed by atoms with Crippen molar-refractivity contribution in [2.45, 2.75) is 82.7 Å². The van der Waals surface area contributed by atoms with Crippen LogP contribution in [0.4, 0.5) is 0 Å². The summed E-state index contributed by atoms with van der Waals surface area (Å²) in [5.74, 6) is 0.842. The first kappa shape index (κ1) is 19.1. The van der Waals surface area contributed by atoms with Gasteiger partial charge in [-0.2, -0.15) is 0 Å². The molecular formula is C19H30ClN3OS. The second-order valence-corrected chi connectivity index (χ2v) is 8.99. The molecule has 0 radical (unpaired) electrons. The Hall–Kier alpha value is -0.650. The van der Waals surface area contributed by atoms with Gasteiger partial charge in [0, 0.05) is 36.3 Å². The van der Waals surface area contributed by atoms with E-state index in [1.165, 1.54) is 66.9 Å². The van der Waals surface area contributed by atoms with E-state index in [4.69, 9.17) is 4.98 Å². The number of carbonyl (C=O) groups is 1. The van der Waals surface area contributed by atoms with Gasteiger partial charge in [-0.15, -0.1) is 23.7 Å². The number of halogens is 1. The lowest BCUT2D eigenvalue weighted by Gasteiger charge is -2.28. The molecule has 2 atom stereocenters. The first-order valence-corrected chi connectivity index (χ1v) is 10.6. The monoisotopic (exact) mass is 383 g/mol. The zero-order chi connectivity index (χ0) is 16.4. The third-order valence-corrected chi connectivity index (χ3v) is 7.04. The smallest absolute Gasteiger partial charge is 0.220 e. The maximum Gasteiger partial charge on any atom is 0.220 e. The van der Waals surface area contributed by atoms with Crippen molar-refractivity contribution in [1.29, 1.82) is 0 Å². The molecule has 1 aliphatic carbocycles. The van der Waals surface area contributed by atoms with Crippen LogP contribution < -0.4 is 10.6 Å². The molecule has 2 aliphatic heterocycles. The minimum atomic E-state index is 0. The van der Waals surface area contributed by atoms with E-state index >= 15 is 0 Å². The van der Waals surface area contributed by atoms with Gasteiger partial charge in [0.05, 0.1) is 10.7 Å². The van der Waals surface area contributed by atoms with Crippen molar-refractivity contribution < 1.29 is 4.79 Å². The molecule has 1 aromatic heterocycles. The molecule has 1 aromatic rings. The molecule has 3 heterocycles. The summed E-state index contributed by atoms with van der Waals surface area (Å²) in [6.45, 7) is 0.793. The number of nitrogens with zero attached hydrogens (tertiary/aromatic N) is 1. The first-order valence-electron chi connectivity index (χ1n) is 9.76. The molecule has 2 saturated heterocycles. The lowest BCUT2D eigenvalue weighted by molar-refractivity contribution is -0.122. The minimum absolute atomic E-state index is 0. The summed E-state index contributed by atoms with van der Waals surface area (Å²) in [5, 5.41) is 8.05. The number of rotatable bonds is 6. The largest absolute Gasteiger partial charge is 0.356 e. The molecular weight excluding hydrogens is 354 g/mol. The van der Waals surface area contributed by atoms with Gasteiger partial charge in [-0.1, -0.05) is 0 Å². The Bertz CT molecular complexity index is 556. The Morgan fingerprint density at radius 1 is 1.20 bits per heavy atom. The molecule has 2 N–H and O–H groups in total. The van der Waals surface area contributed by atoms with E-state index in [2.05, 4.69) is 10.6 Å².